The van der Waals surface area contributed by atoms with Crippen LogP contribution in [0.15, 0.2) is 28.6 Å². The first kappa shape index (κ1) is 17.5. The molecule has 0 radical (unpaired) electrons. The van der Waals surface area contributed by atoms with E-state index in [-0.39, 0.29) is 4.34 Å². The molecule has 112 valence electrons. The monoisotopic (exact) mass is 335 g/mol. The van der Waals surface area contributed by atoms with Crippen LogP contribution >= 0.6 is 18.9 Å². The van der Waals surface area contributed by atoms with Crippen molar-refractivity contribution in [2.24, 2.45) is 0 Å². The van der Waals surface area contributed by atoms with E-state index in [1.165, 1.54) is 24.2 Å². The minimum Gasteiger partial charge on any atom is -0.324 e. The van der Waals surface area contributed by atoms with Crippen LogP contribution in [0, 0.1) is 0 Å². The number of nitrogens with zero attached hydrogens (tertiary/aromatic N) is 1. The van der Waals surface area contributed by atoms with E-state index in [1.807, 2.05) is 18.2 Å². The van der Waals surface area contributed by atoms with Crippen molar-refractivity contribution >= 4 is 40.2 Å². The quantitative estimate of drug-likeness (QED) is 0.856. The number of benzene rings is 1. The van der Waals surface area contributed by atoms with E-state index in [0.717, 1.165) is 11.4 Å². The lowest BCUT2D eigenvalue weighted by Gasteiger charge is -2.01. The first-order valence-electron chi connectivity index (χ1n) is 6.15. The average molecular weight is 335 g/mol. The van der Waals surface area contributed by atoms with Gasteiger partial charge < -0.3 is 4.89 Å². The van der Waals surface area contributed by atoms with E-state index in [1.54, 1.807) is 6.07 Å². The van der Waals surface area contributed by atoms with Gasteiger partial charge in [-0.05, 0) is 12.1 Å². The molecule has 5 nitrogen and oxygen atoms in total. The third kappa shape index (κ3) is 5.81. The van der Waals surface area contributed by atoms with Crippen molar-refractivity contribution in [2.75, 3.05) is 6.66 Å². The maximum atomic E-state index is 11.5. The fourth-order valence-electron chi connectivity index (χ4n) is 1.08. The molecule has 2 atom stereocenters. The van der Waals surface area contributed by atoms with Gasteiger partial charge in [-0.1, -0.05) is 38.8 Å². The Balaban J connectivity index is 0.000000444. The maximum absolute atomic E-state index is 11.5. The van der Waals surface area contributed by atoms with Gasteiger partial charge in [-0.25, -0.2) is 13.2 Å². The second-order valence-corrected chi connectivity index (χ2v) is 8.41. The molecule has 0 aliphatic heterocycles. The summed E-state index contributed by atoms with van der Waals surface area (Å²) in [6, 6.07) is 7.26. The van der Waals surface area contributed by atoms with Gasteiger partial charge in [0.05, 0.1) is 10.2 Å². The minimum atomic E-state index is -3.76. The van der Waals surface area contributed by atoms with Crippen LogP contribution in [-0.2, 0) is 19.6 Å². The van der Waals surface area contributed by atoms with Gasteiger partial charge in [-0.2, -0.15) is 0 Å². The van der Waals surface area contributed by atoms with Crippen molar-refractivity contribution in [3.63, 3.8) is 0 Å². The van der Waals surface area contributed by atoms with Gasteiger partial charge in [-0.3, -0.25) is 4.57 Å². The van der Waals surface area contributed by atoms with E-state index in [4.69, 9.17) is 4.89 Å². The number of hydrogen-bond donors (Lipinski definition) is 1. The Kier molecular flexibility index (Phi) is 6.99. The van der Waals surface area contributed by atoms with E-state index >= 15 is 0 Å². The molecule has 1 aromatic heterocycles. The highest BCUT2D eigenvalue weighted by Crippen LogP contribution is 2.40. The summed E-state index contributed by atoms with van der Waals surface area (Å²) in [5.74, 6) is 0. The van der Waals surface area contributed by atoms with Crippen LogP contribution in [0.1, 0.15) is 26.7 Å². The zero-order chi connectivity index (χ0) is 15.2. The second-order valence-electron chi connectivity index (χ2n) is 4.06. The van der Waals surface area contributed by atoms with Gasteiger partial charge in [0, 0.05) is 6.66 Å². The van der Waals surface area contributed by atoms with Gasteiger partial charge in [0.1, 0.15) is 0 Å². The summed E-state index contributed by atoms with van der Waals surface area (Å²) in [5.41, 5.74) is 0.698. The van der Waals surface area contributed by atoms with Gasteiger partial charge in [-0.15, -0.1) is 11.3 Å². The van der Waals surface area contributed by atoms with Crippen molar-refractivity contribution < 1.29 is 17.6 Å². The van der Waals surface area contributed by atoms with Crippen LogP contribution in [-0.4, -0.2) is 20.8 Å². The molecule has 1 heterocycles. The molecule has 20 heavy (non-hydrogen) atoms. The zero-order valence-electron chi connectivity index (χ0n) is 11.6. The van der Waals surface area contributed by atoms with Crippen LogP contribution in [0.5, 0.6) is 0 Å². The average Bonchev–Trinajstić information content (AvgIpc) is 2.81. The number of hydrogen-bond acceptors (Lipinski definition) is 5. The van der Waals surface area contributed by atoms with Crippen LogP contribution in [0.2, 0.25) is 0 Å². The summed E-state index contributed by atoms with van der Waals surface area (Å²) < 4.78 is 28.0. The summed E-state index contributed by atoms with van der Waals surface area (Å²) in [7, 11) is -3.76. The molecule has 0 spiro atoms. The molecule has 2 unspecified atom stereocenters. The lowest BCUT2D eigenvalue weighted by atomic mass is 10.3. The Morgan fingerprint density at radius 3 is 2.45 bits per heavy atom. The molecule has 0 saturated carbocycles. The fourth-order valence-corrected chi connectivity index (χ4v) is 4.02. The Hall–Kier alpha value is -0.590. The third-order valence-electron chi connectivity index (χ3n) is 2.12. The van der Waals surface area contributed by atoms with Crippen molar-refractivity contribution in [1.82, 2.24) is 4.98 Å². The molecule has 1 N–H and O–H groups in total. The van der Waals surface area contributed by atoms with Crippen LogP contribution in [0.25, 0.3) is 10.2 Å². The first-order valence-corrected chi connectivity index (χ1v) is 10.1. The van der Waals surface area contributed by atoms with Crippen molar-refractivity contribution in [1.29, 1.82) is 0 Å². The first-order chi connectivity index (χ1) is 9.37. The van der Waals surface area contributed by atoms with E-state index in [9.17, 15) is 8.77 Å². The molecule has 0 amide bonds. The smallest absolute Gasteiger partial charge is 0.324 e. The van der Waals surface area contributed by atoms with Crippen molar-refractivity contribution in [2.45, 2.75) is 31.0 Å². The highest BCUT2D eigenvalue weighted by Gasteiger charge is 2.20. The number of para-hydroxylation sites is 1. The third-order valence-corrected chi connectivity index (χ3v) is 5.64. The van der Waals surface area contributed by atoms with E-state index < -0.39 is 18.7 Å². The van der Waals surface area contributed by atoms with Crippen molar-refractivity contribution in [3.05, 3.63) is 24.3 Å². The molecule has 1 aromatic carbocycles. The van der Waals surface area contributed by atoms with Gasteiger partial charge in [0.2, 0.25) is 15.4 Å². The van der Waals surface area contributed by atoms with Crippen molar-refractivity contribution in [3.8, 4) is 0 Å². The Bertz CT molecular complexity index is 588. The van der Waals surface area contributed by atoms with Gasteiger partial charge >= 0.3 is 7.60 Å². The SMILES string of the molecule is CCCC.CP(=O)(O)OS(=O)c1nc2ccccc2s1. The summed E-state index contributed by atoms with van der Waals surface area (Å²) in [6.07, 6.45) is 2.64. The highest BCUT2D eigenvalue weighted by atomic mass is 32.2. The van der Waals surface area contributed by atoms with Gasteiger partial charge in [0.25, 0.3) is 0 Å². The molecule has 0 aliphatic rings. The largest absolute Gasteiger partial charge is 0.338 e. The Labute approximate surface area is 125 Å². The molecule has 2 rings (SSSR count). The highest BCUT2D eigenvalue weighted by molar-refractivity contribution is 7.87. The normalized spacial score (nSPS) is 15.2. The van der Waals surface area contributed by atoms with E-state index in [0.29, 0.717) is 5.52 Å². The summed E-state index contributed by atoms with van der Waals surface area (Å²) in [6.45, 7) is 5.35. The predicted molar refractivity (Wildman–Crippen MR) is 83.4 cm³/mol. The molecule has 2 aromatic rings. The van der Waals surface area contributed by atoms with E-state index in [2.05, 4.69) is 22.8 Å². The summed E-state index contributed by atoms with van der Waals surface area (Å²) >= 11 is -0.814. The van der Waals surface area contributed by atoms with Gasteiger partial charge in [0.15, 0.2) is 0 Å². The molecular weight excluding hydrogens is 317 g/mol. The Morgan fingerprint density at radius 2 is 1.95 bits per heavy atom. The summed E-state index contributed by atoms with van der Waals surface area (Å²) in [4.78, 5) is 13.0. The predicted octanol–water partition coefficient (Wildman–Crippen LogP) is 3.96. The zero-order valence-corrected chi connectivity index (χ0v) is 14.1. The van der Waals surface area contributed by atoms with Crippen LogP contribution < -0.4 is 0 Å². The lowest BCUT2D eigenvalue weighted by molar-refractivity contribution is 0.399. The maximum Gasteiger partial charge on any atom is 0.338 e. The second kappa shape index (κ2) is 8.00. The minimum absolute atomic E-state index is 0.192. The van der Waals surface area contributed by atoms with Crippen LogP contribution in [0.3, 0.4) is 0 Å². The number of aromatic nitrogens is 1. The molecule has 0 bridgehead atoms. The number of unbranched alkanes of at least 4 members (excludes halogenated alkanes) is 1. The number of fused-ring (bicyclic) bond motifs is 1. The fraction of sp³-hybridized carbons (Fsp3) is 0.417. The Morgan fingerprint density at radius 1 is 1.35 bits per heavy atom. The van der Waals surface area contributed by atoms with Crippen LogP contribution in [0.4, 0.5) is 0 Å². The molecule has 0 fully saturated rings. The molecular formula is C12H18NO4PS2. The number of rotatable bonds is 4. The molecule has 0 aliphatic carbocycles. The molecule has 0 saturated heterocycles. The summed E-state index contributed by atoms with van der Waals surface area (Å²) in [5, 5.41) is 0. The lowest BCUT2D eigenvalue weighted by Crippen LogP contribution is -1.94. The topological polar surface area (TPSA) is 76.5 Å². The number of thiazole rings is 1. The molecule has 8 heteroatoms. The standard InChI is InChI=1S/C8H8NO4PS2.C4H10/c1-14(10,11)13-16(12)8-9-6-4-2-3-5-7(6)15-8;1-3-4-2/h2-5H,1H3,(H,10,11);3-4H2,1-2H3.